The van der Waals surface area contributed by atoms with Crippen LogP contribution in [-0.4, -0.2) is 29.9 Å². The highest BCUT2D eigenvalue weighted by molar-refractivity contribution is 5.93. The number of nitrogens with zero attached hydrogens (tertiary/aromatic N) is 1. The Hall–Kier alpha value is -3.03. The number of amides is 3. The van der Waals surface area contributed by atoms with Gasteiger partial charge in [-0.25, -0.2) is 4.79 Å². The molecule has 1 aliphatic heterocycles. The van der Waals surface area contributed by atoms with Gasteiger partial charge in [0.15, 0.2) is 0 Å². The highest BCUT2D eigenvalue weighted by Crippen LogP contribution is 2.30. The first-order valence-corrected chi connectivity index (χ1v) is 10.3. The maximum atomic E-state index is 12.6. The molecule has 0 aliphatic carbocycles. The van der Waals surface area contributed by atoms with Crippen molar-refractivity contribution in [2.24, 2.45) is 5.92 Å². The number of piperidine rings is 1. The van der Waals surface area contributed by atoms with E-state index in [1.807, 2.05) is 24.3 Å². The summed E-state index contributed by atoms with van der Waals surface area (Å²) in [4.78, 5) is 26.5. The van der Waals surface area contributed by atoms with Crippen LogP contribution in [0.2, 0.25) is 0 Å². The van der Waals surface area contributed by atoms with Crippen molar-refractivity contribution in [3.05, 3.63) is 59.7 Å². The van der Waals surface area contributed by atoms with Crippen LogP contribution in [0.5, 0.6) is 0 Å². The van der Waals surface area contributed by atoms with Gasteiger partial charge >= 0.3 is 12.2 Å². The van der Waals surface area contributed by atoms with Gasteiger partial charge in [0, 0.05) is 30.4 Å². The van der Waals surface area contributed by atoms with Gasteiger partial charge in [-0.15, -0.1) is 0 Å². The number of carbonyl (C=O) groups excluding carboxylic acids is 2. The number of alkyl halides is 3. The van der Waals surface area contributed by atoms with Crippen LogP contribution in [0.3, 0.4) is 0 Å². The Labute approximate surface area is 179 Å². The van der Waals surface area contributed by atoms with Crippen molar-refractivity contribution in [1.82, 2.24) is 4.90 Å². The van der Waals surface area contributed by atoms with Crippen molar-refractivity contribution in [2.45, 2.75) is 38.8 Å². The molecule has 2 aromatic rings. The van der Waals surface area contributed by atoms with Crippen LogP contribution in [0.15, 0.2) is 48.5 Å². The average molecular weight is 433 g/mol. The third-order valence-electron chi connectivity index (χ3n) is 5.46. The standard InChI is InChI=1S/C23H26F3N3O2/c1-15(2)16-3-7-19(8-4-16)27-21(30)17-11-13-29(14-12-17)22(31)28-20-9-5-18(6-10-20)23(24,25)26/h3-10,15,17H,11-14H2,1-2H3,(H,27,30)(H,28,31). The molecule has 31 heavy (non-hydrogen) atoms. The number of rotatable bonds is 4. The number of urea groups is 1. The van der Waals surface area contributed by atoms with Gasteiger partial charge in [-0.3, -0.25) is 4.79 Å². The smallest absolute Gasteiger partial charge is 0.326 e. The normalized spacial score (nSPS) is 15.1. The van der Waals surface area contributed by atoms with Crippen molar-refractivity contribution < 1.29 is 22.8 Å². The van der Waals surface area contributed by atoms with Gasteiger partial charge < -0.3 is 15.5 Å². The lowest BCUT2D eigenvalue weighted by Gasteiger charge is -2.31. The summed E-state index contributed by atoms with van der Waals surface area (Å²) in [5.41, 5.74) is 1.47. The zero-order valence-electron chi connectivity index (χ0n) is 17.5. The van der Waals surface area contributed by atoms with E-state index in [4.69, 9.17) is 0 Å². The molecule has 2 N–H and O–H groups in total. The molecule has 0 saturated carbocycles. The summed E-state index contributed by atoms with van der Waals surface area (Å²) >= 11 is 0. The van der Waals surface area contributed by atoms with Crippen LogP contribution in [0.4, 0.5) is 29.3 Å². The first kappa shape index (κ1) is 22.7. The first-order valence-electron chi connectivity index (χ1n) is 10.3. The summed E-state index contributed by atoms with van der Waals surface area (Å²) in [7, 11) is 0. The Bertz CT molecular complexity index is 901. The number of hydrogen-bond donors (Lipinski definition) is 2. The molecule has 1 fully saturated rings. The molecule has 0 aromatic heterocycles. The monoisotopic (exact) mass is 433 g/mol. The summed E-state index contributed by atoms with van der Waals surface area (Å²) in [6, 6.07) is 11.7. The van der Waals surface area contributed by atoms with E-state index in [-0.39, 0.29) is 17.9 Å². The lowest BCUT2D eigenvalue weighted by molar-refractivity contribution is -0.137. The fourth-order valence-corrected chi connectivity index (χ4v) is 3.49. The van der Waals surface area contributed by atoms with Crippen LogP contribution in [0.25, 0.3) is 0 Å². The zero-order valence-corrected chi connectivity index (χ0v) is 17.5. The largest absolute Gasteiger partial charge is 0.416 e. The summed E-state index contributed by atoms with van der Waals surface area (Å²) < 4.78 is 37.9. The van der Waals surface area contributed by atoms with E-state index in [1.165, 1.54) is 17.7 Å². The Balaban J connectivity index is 1.48. The molecule has 0 radical (unpaired) electrons. The summed E-state index contributed by atoms with van der Waals surface area (Å²) in [5.74, 6) is 0.155. The van der Waals surface area contributed by atoms with Gasteiger partial charge in [-0.1, -0.05) is 26.0 Å². The molecule has 166 valence electrons. The summed E-state index contributed by atoms with van der Waals surface area (Å²) in [6.07, 6.45) is -3.37. The lowest BCUT2D eigenvalue weighted by Crippen LogP contribution is -2.43. The second-order valence-electron chi connectivity index (χ2n) is 8.03. The third kappa shape index (κ3) is 5.99. The van der Waals surface area contributed by atoms with Crippen molar-refractivity contribution in [3.8, 4) is 0 Å². The van der Waals surface area contributed by atoms with Crippen molar-refractivity contribution in [2.75, 3.05) is 23.7 Å². The highest BCUT2D eigenvalue weighted by Gasteiger charge is 2.30. The van der Waals surface area contributed by atoms with E-state index in [0.717, 1.165) is 17.8 Å². The van der Waals surface area contributed by atoms with E-state index in [2.05, 4.69) is 24.5 Å². The van der Waals surface area contributed by atoms with Crippen molar-refractivity contribution >= 4 is 23.3 Å². The number of benzene rings is 2. The molecule has 2 aromatic carbocycles. The van der Waals surface area contributed by atoms with Crippen LogP contribution in [-0.2, 0) is 11.0 Å². The lowest BCUT2D eigenvalue weighted by atomic mass is 9.96. The van der Waals surface area contributed by atoms with Crippen molar-refractivity contribution in [1.29, 1.82) is 0 Å². The first-order chi connectivity index (χ1) is 14.6. The van der Waals surface area contributed by atoms with Crippen LogP contribution in [0.1, 0.15) is 43.7 Å². The average Bonchev–Trinajstić information content (AvgIpc) is 2.74. The summed E-state index contributed by atoms with van der Waals surface area (Å²) in [5, 5.41) is 5.54. The number of nitrogens with one attached hydrogen (secondary N) is 2. The molecule has 1 saturated heterocycles. The fraction of sp³-hybridized carbons (Fsp3) is 0.391. The van der Waals surface area contributed by atoms with E-state index in [9.17, 15) is 22.8 Å². The minimum atomic E-state index is -4.42. The Morgan fingerprint density at radius 1 is 0.903 bits per heavy atom. The van der Waals surface area contributed by atoms with E-state index in [0.29, 0.717) is 37.5 Å². The van der Waals surface area contributed by atoms with E-state index >= 15 is 0 Å². The van der Waals surface area contributed by atoms with Crippen LogP contribution >= 0.6 is 0 Å². The van der Waals surface area contributed by atoms with Gasteiger partial charge in [0.05, 0.1) is 5.56 Å². The van der Waals surface area contributed by atoms with Gasteiger partial charge in [-0.05, 0) is 60.7 Å². The maximum absolute atomic E-state index is 12.6. The minimum absolute atomic E-state index is 0.0694. The minimum Gasteiger partial charge on any atom is -0.326 e. The molecule has 0 unspecified atom stereocenters. The number of carbonyl (C=O) groups is 2. The predicted octanol–water partition coefficient (Wildman–Crippen LogP) is 5.71. The topological polar surface area (TPSA) is 61.4 Å². The van der Waals surface area contributed by atoms with Crippen molar-refractivity contribution in [3.63, 3.8) is 0 Å². The number of anilines is 2. The second-order valence-corrected chi connectivity index (χ2v) is 8.03. The van der Waals surface area contributed by atoms with Crippen LogP contribution in [0, 0.1) is 5.92 Å². The highest BCUT2D eigenvalue weighted by atomic mass is 19.4. The van der Waals surface area contributed by atoms with E-state index in [1.54, 1.807) is 4.90 Å². The van der Waals surface area contributed by atoms with Gasteiger partial charge in [0.25, 0.3) is 0 Å². The number of halogens is 3. The van der Waals surface area contributed by atoms with E-state index < -0.39 is 11.7 Å². The molecule has 0 atom stereocenters. The number of hydrogen-bond acceptors (Lipinski definition) is 2. The molecule has 5 nitrogen and oxygen atoms in total. The zero-order chi connectivity index (χ0) is 22.6. The van der Waals surface area contributed by atoms with Gasteiger partial charge in [0.1, 0.15) is 0 Å². The Morgan fingerprint density at radius 3 is 1.94 bits per heavy atom. The Kier molecular flexibility index (Phi) is 6.87. The molecule has 8 heteroatoms. The maximum Gasteiger partial charge on any atom is 0.416 e. The SMILES string of the molecule is CC(C)c1ccc(NC(=O)C2CCN(C(=O)Nc3ccc(C(F)(F)F)cc3)CC2)cc1. The molecule has 1 heterocycles. The molecular weight excluding hydrogens is 407 g/mol. The second kappa shape index (κ2) is 9.41. The summed E-state index contributed by atoms with van der Waals surface area (Å²) in [6.45, 7) is 5.01. The third-order valence-corrected chi connectivity index (χ3v) is 5.46. The molecule has 3 rings (SSSR count). The Morgan fingerprint density at radius 2 is 1.42 bits per heavy atom. The van der Waals surface area contributed by atoms with Gasteiger partial charge in [0.2, 0.25) is 5.91 Å². The molecule has 1 aliphatic rings. The quantitative estimate of drug-likeness (QED) is 0.649. The predicted molar refractivity (Wildman–Crippen MR) is 114 cm³/mol. The fourth-order valence-electron chi connectivity index (χ4n) is 3.49. The molecule has 0 spiro atoms. The number of likely N-dealkylation sites (tertiary alicyclic amines) is 1. The molecular formula is C23H26F3N3O2. The molecule has 0 bridgehead atoms. The van der Waals surface area contributed by atoms with Gasteiger partial charge in [-0.2, -0.15) is 13.2 Å². The molecule has 3 amide bonds. The van der Waals surface area contributed by atoms with Crippen LogP contribution < -0.4 is 10.6 Å².